The molecule has 0 aliphatic carbocycles. The van der Waals surface area contributed by atoms with Crippen LogP contribution in [0.25, 0.3) is 0 Å². The second-order valence-corrected chi connectivity index (χ2v) is 6.92. The van der Waals surface area contributed by atoms with E-state index in [4.69, 9.17) is 0 Å². The summed E-state index contributed by atoms with van der Waals surface area (Å²) >= 11 is -0.385. The molecule has 0 aromatic heterocycles. The van der Waals surface area contributed by atoms with Crippen LogP contribution >= 0.6 is 11.8 Å². The zero-order valence-corrected chi connectivity index (χ0v) is 14.4. The fourth-order valence-corrected chi connectivity index (χ4v) is 3.29. The maximum atomic E-state index is 13.4. The number of carbonyl (C=O) groups excluding carboxylic acids is 2. The highest BCUT2D eigenvalue weighted by Gasteiger charge is 2.63. The number of ether oxygens (including phenoxy) is 1. The van der Waals surface area contributed by atoms with Gasteiger partial charge < -0.3 is 9.84 Å². The van der Waals surface area contributed by atoms with E-state index >= 15 is 0 Å². The molecular weight excluding hydrogens is 388 g/mol. The summed E-state index contributed by atoms with van der Waals surface area (Å²) in [6.07, 6.45) is -5.09. The standard InChI is InChI=1S/C18H12F4O4S/c19-17(20)18(21,22)27-16-9-10(5-8-15(16)26-17)12(23)6-7-14(25)11-3-1-2-4-13(11)24/h1-5,8-9,24H,6-7H2. The van der Waals surface area contributed by atoms with Gasteiger partial charge in [-0.1, -0.05) is 12.1 Å². The molecule has 0 atom stereocenters. The van der Waals surface area contributed by atoms with Crippen LogP contribution in [0.2, 0.25) is 0 Å². The third-order valence-electron chi connectivity index (χ3n) is 3.86. The Morgan fingerprint density at radius 3 is 2.37 bits per heavy atom. The number of alkyl halides is 4. The van der Waals surface area contributed by atoms with E-state index in [1.807, 2.05) is 0 Å². The first kappa shape index (κ1) is 19.2. The van der Waals surface area contributed by atoms with Crippen LogP contribution in [0, 0.1) is 0 Å². The highest BCUT2D eigenvalue weighted by atomic mass is 32.2. The van der Waals surface area contributed by atoms with Crippen LogP contribution in [-0.2, 0) is 0 Å². The third kappa shape index (κ3) is 3.78. The van der Waals surface area contributed by atoms with E-state index in [0.717, 1.165) is 12.1 Å². The molecule has 4 nitrogen and oxygen atoms in total. The van der Waals surface area contributed by atoms with Crippen LogP contribution in [0.15, 0.2) is 47.4 Å². The van der Waals surface area contributed by atoms with Gasteiger partial charge in [-0.05, 0) is 42.1 Å². The van der Waals surface area contributed by atoms with Gasteiger partial charge >= 0.3 is 11.4 Å². The molecule has 3 rings (SSSR count). The van der Waals surface area contributed by atoms with Crippen molar-refractivity contribution >= 4 is 23.3 Å². The Morgan fingerprint density at radius 1 is 1.00 bits per heavy atom. The molecule has 0 saturated carbocycles. The largest absolute Gasteiger partial charge is 0.507 e. The molecule has 1 aliphatic rings. The number of ketones is 2. The normalized spacial score (nSPS) is 16.9. The van der Waals surface area contributed by atoms with E-state index in [2.05, 4.69) is 4.74 Å². The van der Waals surface area contributed by atoms with Crippen LogP contribution in [0.3, 0.4) is 0 Å². The Hall–Kier alpha value is -2.55. The maximum Gasteiger partial charge on any atom is 0.475 e. The summed E-state index contributed by atoms with van der Waals surface area (Å²) in [7, 11) is 0. The van der Waals surface area contributed by atoms with Crippen LogP contribution < -0.4 is 4.74 Å². The van der Waals surface area contributed by atoms with Crippen LogP contribution in [-0.4, -0.2) is 28.0 Å². The van der Waals surface area contributed by atoms with Crippen molar-refractivity contribution in [3.8, 4) is 11.5 Å². The fraction of sp³-hybridized carbons (Fsp3) is 0.222. The Balaban J connectivity index is 1.72. The first-order valence-corrected chi connectivity index (χ1v) is 8.54. The second-order valence-electron chi connectivity index (χ2n) is 5.76. The zero-order chi connectivity index (χ0) is 19.8. The van der Waals surface area contributed by atoms with E-state index in [-0.39, 0.29) is 46.4 Å². The highest BCUT2D eigenvalue weighted by Crippen LogP contribution is 2.54. The van der Waals surface area contributed by atoms with Crippen LogP contribution in [0.4, 0.5) is 17.6 Å². The molecule has 0 spiro atoms. The molecule has 27 heavy (non-hydrogen) atoms. The van der Waals surface area contributed by atoms with Gasteiger partial charge in [0.2, 0.25) is 0 Å². The average molecular weight is 400 g/mol. The van der Waals surface area contributed by atoms with Gasteiger partial charge in [0, 0.05) is 18.4 Å². The summed E-state index contributed by atoms with van der Waals surface area (Å²) in [6.45, 7) is 0. The number of aromatic hydroxyl groups is 1. The predicted molar refractivity (Wildman–Crippen MR) is 88.8 cm³/mol. The molecule has 0 radical (unpaired) electrons. The molecule has 9 heteroatoms. The van der Waals surface area contributed by atoms with Gasteiger partial charge in [0.25, 0.3) is 0 Å². The van der Waals surface area contributed by atoms with Gasteiger partial charge in [-0.25, -0.2) is 0 Å². The molecule has 2 aromatic rings. The molecule has 1 heterocycles. The first-order valence-electron chi connectivity index (χ1n) is 7.73. The van der Waals surface area contributed by atoms with E-state index in [9.17, 15) is 32.3 Å². The number of fused-ring (bicyclic) bond motifs is 1. The maximum absolute atomic E-state index is 13.4. The topological polar surface area (TPSA) is 63.6 Å². The summed E-state index contributed by atoms with van der Waals surface area (Å²) in [4.78, 5) is 24.0. The lowest BCUT2D eigenvalue weighted by Gasteiger charge is -2.31. The molecule has 2 aromatic carbocycles. The van der Waals surface area contributed by atoms with Crippen molar-refractivity contribution < 1.29 is 37.0 Å². The van der Waals surface area contributed by atoms with Crippen molar-refractivity contribution in [3.05, 3.63) is 53.6 Å². The lowest BCUT2D eigenvalue weighted by atomic mass is 10.0. The van der Waals surface area contributed by atoms with Gasteiger partial charge in [-0.3, -0.25) is 9.59 Å². The molecule has 0 bridgehead atoms. The minimum atomic E-state index is -4.65. The minimum Gasteiger partial charge on any atom is -0.507 e. The van der Waals surface area contributed by atoms with Crippen molar-refractivity contribution in [3.63, 3.8) is 0 Å². The number of para-hydroxylation sites is 1. The summed E-state index contributed by atoms with van der Waals surface area (Å²) in [5.41, 5.74) is 0.0671. The van der Waals surface area contributed by atoms with Crippen LogP contribution in [0.1, 0.15) is 33.6 Å². The van der Waals surface area contributed by atoms with Gasteiger partial charge in [-0.15, -0.1) is 0 Å². The minimum absolute atomic E-state index is 0.00375. The van der Waals surface area contributed by atoms with Gasteiger partial charge in [0.15, 0.2) is 11.6 Å². The van der Waals surface area contributed by atoms with E-state index in [0.29, 0.717) is 0 Å². The van der Waals surface area contributed by atoms with Gasteiger partial charge in [-0.2, -0.15) is 17.6 Å². The lowest BCUT2D eigenvalue weighted by molar-refractivity contribution is -0.273. The fourth-order valence-electron chi connectivity index (χ4n) is 2.46. The molecule has 0 saturated heterocycles. The lowest BCUT2D eigenvalue weighted by Crippen LogP contribution is -2.45. The monoisotopic (exact) mass is 400 g/mol. The number of phenolic OH excluding ortho intramolecular Hbond substituents is 1. The Kier molecular flexibility index (Phi) is 4.90. The van der Waals surface area contributed by atoms with E-state index in [1.54, 1.807) is 12.1 Å². The number of halogens is 4. The molecule has 0 amide bonds. The Labute approximate surface area is 155 Å². The smallest absolute Gasteiger partial charge is 0.475 e. The van der Waals surface area contributed by atoms with Crippen LogP contribution in [0.5, 0.6) is 11.5 Å². The SMILES string of the molecule is O=C(CCC(=O)c1ccccc1O)c1ccc2c(c1)SC(F)(F)C(F)(F)O2. The molecule has 142 valence electrons. The number of hydrogen-bond acceptors (Lipinski definition) is 5. The summed E-state index contributed by atoms with van der Waals surface area (Å²) < 4.78 is 57.3. The molecule has 0 fully saturated rings. The highest BCUT2D eigenvalue weighted by molar-refractivity contribution is 8.00. The van der Waals surface area contributed by atoms with E-state index < -0.39 is 28.7 Å². The quantitative estimate of drug-likeness (QED) is 0.571. The predicted octanol–water partition coefficient (Wildman–Crippen LogP) is 4.91. The Morgan fingerprint density at radius 2 is 1.67 bits per heavy atom. The van der Waals surface area contributed by atoms with Gasteiger partial charge in [0.05, 0.1) is 10.5 Å². The van der Waals surface area contributed by atoms with E-state index in [1.165, 1.54) is 18.2 Å². The third-order valence-corrected chi connectivity index (χ3v) is 4.90. The van der Waals surface area contributed by atoms with Crippen molar-refractivity contribution in [1.82, 2.24) is 0 Å². The average Bonchev–Trinajstić information content (AvgIpc) is 2.60. The van der Waals surface area contributed by atoms with Crippen molar-refractivity contribution in [2.75, 3.05) is 0 Å². The number of benzene rings is 2. The number of rotatable bonds is 5. The number of Topliss-reactive ketones (excluding diaryl/α,β-unsaturated/α-hetero) is 2. The number of thioether (sulfide) groups is 1. The summed E-state index contributed by atoms with van der Waals surface area (Å²) in [6, 6.07) is 9.09. The molecule has 1 aliphatic heterocycles. The van der Waals surface area contributed by atoms with Crippen molar-refractivity contribution in [2.45, 2.75) is 29.1 Å². The molecule has 0 unspecified atom stereocenters. The number of carbonyl (C=O) groups is 2. The summed E-state index contributed by atoms with van der Waals surface area (Å²) in [5.74, 6) is -1.63. The first-order chi connectivity index (χ1) is 12.6. The number of hydrogen-bond donors (Lipinski definition) is 1. The van der Waals surface area contributed by atoms with Crippen molar-refractivity contribution in [1.29, 1.82) is 0 Å². The zero-order valence-electron chi connectivity index (χ0n) is 13.5. The number of phenols is 1. The molecule has 1 N–H and O–H groups in total. The summed E-state index contributed by atoms with van der Waals surface area (Å²) in [5, 5.41) is 5.16. The molecular formula is C18H12F4O4S. The van der Waals surface area contributed by atoms with Crippen molar-refractivity contribution in [2.24, 2.45) is 0 Å². The second kappa shape index (κ2) is 6.88. The Bertz CT molecular complexity index is 914. The van der Waals surface area contributed by atoms with Gasteiger partial charge in [0.1, 0.15) is 11.5 Å².